The van der Waals surface area contributed by atoms with E-state index in [9.17, 15) is 9.18 Å². The lowest BCUT2D eigenvalue weighted by Crippen LogP contribution is -2.37. The maximum absolute atomic E-state index is 14.7. The van der Waals surface area contributed by atoms with Crippen LogP contribution in [0.25, 0.3) is 5.69 Å². The fraction of sp³-hybridized carbons (Fsp3) is 0.286. The summed E-state index contributed by atoms with van der Waals surface area (Å²) < 4.78 is 20.1. The van der Waals surface area contributed by atoms with E-state index >= 15 is 0 Å². The van der Waals surface area contributed by atoms with E-state index in [0.29, 0.717) is 36.7 Å². The SMILES string of the molecule is C#C[C@H]1COCC[C@H]1Nc1nc(Nc2cnc(C)c(-n3nccn3)c2)c(C(N)=O)cc1F. The van der Waals surface area contributed by atoms with Crippen LogP contribution in [0.2, 0.25) is 0 Å². The van der Waals surface area contributed by atoms with Crippen LogP contribution in [0.5, 0.6) is 0 Å². The number of ether oxygens (including phenoxy) is 1. The molecule has 10 nitrogen and oxygen atoms in total. The van der Waals surface area contributed by atoms with E-state index in [2.05, 4.69) is 36.7 Å². The van der Waals surface area contributed by atoms with Crippen LogP contribution in [0.3, 0.4) is 0 Å². The van der Waals surface area contributed by atoms with Gasteiger partial charge in [0, 0.05) is 12.6 Å². The van der Waals surface area contributed by atoms with Crippen molar-refractivity contribution in [2.24, 2.45) is 11.7 Å². The Balaban J connectivity index is 1.67. The van der Waals surface area contributed by atoms with Gasteiger partial charge in [0.1, 0.15) is 11.5 Å². The number of anilines is 3. The van der Waals surface area contributed by atoms with Crippen molar-refractivity contribution in [1.29, 1.82) is 0 Å². The number of carbonyl (C=O) groups is 1. The summed E-state index contributed by atoms with van der Waals surface area (Å²) in [6.07, 6.45) is 10.8. The van der Waals surface area contributed by atoms with E-state index in [-0.39, 0.29) is 29.2 Å². The van der Waals surface area contributed by atoms with Crippen LogP contribution in [-0.2, 0) is 4.74 Å². The Hall–Kier alpha value is -4.04. The normalized spacial score (nSPS) is 18.0. The number of nitrogens with one attached hydrogen (secondary N) is 2. The molecular weight excluding hydrogens is 415 g/mol. The molecule has 0 radical (unpaired) electrons. The van der Waals surface area contributed by atoms with Gasteiger partial charge in [-0.15, -0.1) is 11.2 Å². The number of rotatable bonds is 6. The molecule has 1 saturated heterocycles. The van der Waals surface area contributed by atoms with E-state index in [1.807, 2.05) is 6.92 Å². The summed E-state index contributed by atoms with van der Waals surface area (Å²) in [6, 6.07) is 2.56. The number of amides is 1. The predicted octanol–water partition coefficient (Wildman–Crippen LogP) is 1.80. The van der Waals surface area contributed by atoms with E-state index in [0.717, 1.165) is 6.07 Å². The first-order valence-corrected chi connectivity index (χ1v) is 9.87. The van der Waals surface area contributed by atoms with Crippen LogP contribution in [0, 0.1) is 31.0 Å². The zero-order valence-corrected chi connectivity index (χ0v) is 17.2. The molecule has 4 rings (SSSR count). The molecule has 3 aromatic heterocycles. The maximum atomic E-state index is 14.7. The highest BCUT2D eigenvalue weighted by atomic mass is 19.1. The van der Waals surface area contributed by atoms with E-state index in [1.54, 1.807) is 24.7 Å². The third kappa shape index (κ3) is 4.35. The molecule has 1 amide bonds. The second-order valence-electron chi connectivity index (χ2n) is 7.24. The number of pyridine rings is 2. The van der Waals surface area contributed by atoms with Gasteiger partial charge in [-0.25, -0.2) is 9.37 Å². The van der Waals surface area contributed by atoms with Gasteiger partial charge in [-0.3, -0.25) is 9.78 Å². The van der Waals surface area contributed by atoms with Gasteiger partial charge in [0.25, 0.3) is 5.91 Å². The summed E-state index contributed by atoms with van der Waals surface area (Å²) in [6.45, 7) is 2.69. The van der Waals surface area contributed by atoms with Crippen LogP contribution in [-0.4, -0.2) is 50.1 Å². The number of primary amides is 1. The number of aromatic nitrogens is 5. The molecule has 3 aromatic rings. The van der Waals surface area contributed by atoms with Crippen molar-refractivity contribution in [2.75, 3.05) is 23.8 Å². The van der Waals surface area contributed by atoms with Gasteiger partial charge in [-0.2, -0.15) is 10.2 Å². The number of terminal acetylenes is 1. The predicted molar refractivity (Wildman–Crippen MR) is 115 cm³/mol. The molecule has 1 aliphatic rings. The average Bonchev–Trinajstić information content (AvgIpc) is 3.32. The van der Waals surface area contributed by atoms with Crippen molar-refractivity contribution in [3.8, 4) is 18.0 Å². The number of aryl methyl sites for hydroxylation is 1. The summed E-state index contributed by atoms with van der Waals surface area (Å²) in [5.74, 6) is 0.916. The van der Waals surface area contributed by atoms with Crippen LogP contribution in [0.1, 0.15) is 22.5 Å². The lowest BCUT2D eigenvalue weighted by molar-refractivity contribution is 0.0665. The quantitative estimate of drug-likeness (QED) is 0.498. The largest absolute Gasteiger partial charge is 0.380 e. The number of halogens is 1. The fourth-order valence-corrected chi connectivity index (χ4v) is 3.39. The van der Waals surface area contributed by atoms with Crippen molar-refractivity contribution >= 4 is 23.2 Å². The van der Waals surface area contributed by atoms with E-state index in [1.165, 1.54) is 4.80 Å². The minimum absolute atomic E-state index is 0.0429. The van der Waals surface area contributed by atoms with Crippen molar-refractivity contribution < 1.29 is 13.9 Å². The minimum atomic E-state index is -0.827. The van der Waals surface area contributed by atoms with Gasteiger partial charge in [0.15, 0.2) is 11.6 Å². The molecule has 1 fully saturated rings. The van der Waals surface area contributed by atoms with Crippen molar-refractivity contribution in [1.82, 2.24) is 25.0 Å². The molecule has 0 bridgehead atoms. The third-order valence-electron chi connectivity index (χ3n) is 5.09. The molecule has 32 heavy (non-hydrogen) atoms. The van der Waals surface area contributed by atoms with Crippen molar-refractivity contribution in [2.45, 2.75) is 19.4 Å². The Morgan fingerprint density at radius 2 is 2.12 bits per heavy atom. The molecule has 11 heteroatoms. The first kappa shape index (κ1) is 21.2. The first-order valence-electron chi connectivity index (χ1n) is 9.87. The molecule has 1 aliphatic heterocycles. The topological polar surface area (TPSA) is 133 Å². The lowest BCUT2D eigenvalue weighted by Gasteiger charge is -2.29. The zero-order valence-electron chi connectivity index (χ0n) is 17.2. The highest BCUT2D eigenvalue weighted by Gasteiger charge is 2.26. The fourth-order valence-electron chi connectivity index (χ4n) is 3.39. The molecule has 0 saturated carbocycles. The third-order valence-corrected chi connectivity index (χ3v) is 5.09. The summed E-state index contributed by atoms with van der Waals surface area (Å²) >= 11 is 0. The number of nitrogens with two attached hydrogens (primary N) is 1. The second-order valence-corrected chi connectivity index (χ2v) is 7.24. The van der Waals surface area contributed by atoms with Gasteiger partial charge < -0.3 is 21.1 Å². The highest BCUT2D eigenvalue weighted by Crippen LogP contribution is 2.27. The molecule has 0 unspecified atom stereocenters. The Bertz CT molecular complexity index is 1180. The van der Waals surface area contributed by atoms with Gasteiger partial charge in [0.2, 0.25) is 0 Å². The molecule has 4 N–H and O–H groups in total. The number of nitrogens with zero attached hydrogens (tertiary/aromatic N) is 5. The van der Waals surface area contributed by atoms with Gasteiger partial charge in [-0.05, 0) is 25.5 Å². The van der Waals surface area contributed by atoms with Gasteiger partial charge in [-0.1, -0.05) is 5.92 Å². The molecule has 164 valence electrons. The van der Waals surface area contributed by atoms with Crippen LogP contribution in [0.4, 0.5) is 21.7 Å². The molecular formula is C21H21FN8O2. The van der Waals surface area contributed by atoms with Gasteiger partial charge >= 0.3 is 0 Å². The number of hydrogen-bond donors (Lipinski definition) is 3. The van der Waals surface area contributed by atoms with Crippen LogP contribution in [0.15, 0.2) is 30.7 Å². The molecule has 0 spiro atoms. The molecule has 2 atom stereocenters. The smallest absolute Gasteiger partial charge is 0.252 e. The summed E-state index contributed by atoms with van der Waals surface area (Å²) in [5, 5.41) is 14.3. The second kappa shape index (κ2) is 8.99. The molecule has 0 aliphatic carbocycles. The number of hydrogen-bond acceptors (Lipinski definition) is 8. The maximum Gasteiger partial charge on any atom is 0.252 e. The number of carbonyl (C=O) groups excluding carboxylic acids is 1. The lowest BCUT2D eigenvalue weighted by atomic mass is 9.96. The Morgan fingerprint density at radius 3 is 2.84 bits per heavy atom. The first-order chi connectivity index (χ1) is 15.5. The summed E-state index contributed by atoms with van der Waals surface area (Å²) in [7, 11) is 0. The molecule has 4 heterocycles. The monoisotopic (exact) mass is 436 g/mol. The van der Waals surface area contributed by atoms with Crippen molar-refractivity contribution in [3.63, 3.8) is 0 Å². The Morgan fingerprint density at radius 1 is 1.34 bits per heavy atom. The molecule has 0 aromatic carbocycles. The summed E-state index contributed by atoms with van der Waals surface area (Å²) in [4.78, 5) is 22.0. The summed E-state index contributed by atoms with van der Waals surface area (Å²) in [5.41, 5.74) is 7.16. The van der Waals surface area contributed by atoms with Crippen molar-refractivity contribution in [3.05, 3.63) is 47.8 Å². The van der Waals surface area contributed by atoms with Crippen LogP contribution >= 0.6 is 0 Å². The van der Waals surface area contributed by atoms with Gasteiger partial charge in [0.05, 0.1) is 48.1 Å². The van der Waals surface area contributed by atoms with E-state index < -0.39 is 11.7 Å². The average molecular weight is 436 g/mol. The van der Waals surface area contributed by atoms with Crippen LogP contribution < -0.4 is 16.4 Å². The Kier molecular flexibility index (Phi) is 5.96. The highest BCUT2D eigenvalue weighted by molar-refractivity contribution is 5.98. The Labute approximate surface area is 183 Å². The zero-order chi connectivity index (χ0) is 22.7. The standard InChI is InChI=1S/C21H21FN8O2/c1-3-13-11-32-7-4-17(13)28-21-16(22)9-15(19(23)31)20(29-21)27-14-8-18(12(2)24-10-14)30-25-5-6-26-30/h1,5-6,8-10,13,17H,4,7,11H2,2H3,(H2,23,31)(H2,27,28,29)/t13-,17+/m0/s1. The minimum Gasteiger partial charge on any atom is -0.380 e. The van der Waals surface area contributed by atoms with E-state index in [4.69, 9.17) is 16.9 Å².